The van der Waals surface area contributed by atoms with Crippen LogP contribution in [0.3, 0.4) is 0 Å². The van der Waals surface area contributed by atoms with Crippen molar-refractivity contribution >= 4 is 0 Å². The third-order valence-corrected chi connectivity index (χ3v) is 3.97. The number of hydrogen-bond acceptors (Lipinski definition) is 3. The third kappa shape index (κ3) is 5.19. The Balaban J connectivity index is 1.62. The number of halogens is 1. The van der Waals surface area contributed by atoms with Crippen molar-refractivity contribution in [2.75, 3.05) is 46.3 Å². The minimum absolute atomic E-state index is 0.163. The van der Waals surface area contributed by atoms with Crippen LogP contribution in [-0.2, 0) is 6.42 Å². The smallest absolute Gasteiger partial charge is 0.123 e. The minimum Gasteiger partial charge on any atom is -0.313 e. The Labute approximate surface area is 121 Å². The summed E-state index contributed by atoms with van der Waals surface area (Å²) >= 11 is 0. The molecule has 1 aromatic carbocycles. The highest BCUT2D eigenvalue weighted by atomic mass is 19.1. The van der Waals surface area contributed by atoms with Crippen LogP contribution in [0.4, 0.5) is 4.39 Å². The van der Waals surface area contributed by atoms with Crippen LogP contribution in [0, 0.1) is 5.82 Å². The first-order valence-corrected chi connectivity index (χ1v) is 7.52. The second-order valence-corrected chi connectivity index (χ2v) is 5.83. The molecule has 112 valence electrons. The lowest BCUT2D eigenvalue weighted by Gasteiger charge is -2.32. The van der Waals surface area contributed by atoms with Crippen molar-refractivity contribution in [2.24, 2.45) is 0 Å². The van der Waals surface area contributed by atoms with E-state index in [1.165, 1.54) is 43.9 Å². The molecule has 1 aliphatic rings. The molecule has 1 N–H and O–H groups in total. The van der Waals surface area contributed by atoms with Gasteiger partial charge in [0.15, 0.2) is 0 Å². The fourth-order valence-electron chi connectivity index (χ4n) is 2.59. The van der Waals surface area contributed by atoms with Crippen molar-refractivity contribution in [2.45, 2.75) is 19.4 Å². The number of likely N-dealkylation sites (N-methyl/N-ethyl adjacent to an activating group) is 1. The topological polar surface area (TPSA) is 18.5 Å². The fraction of sp³-hybridized carbons (Fsp3) is 0.625. The zero-order valence-electron chi connectivity index (χ0n) is 12.6. The second-order valence-electron chi connectivity index (χ2n) is 5.83. The molecule has 2 rings (SSSR count). The molecule has 1 aliphatic heterocycles. The van der Waals surface area contributed by atoms with E-state index >= 15 is 0 Å². The van der Waals surface area contributed by atoms with Gasteiger partial charge in [-0.3, -0.25) is 4.90 Å². The van der Waals surface area contributed by atoms with Gasteiger partial charge < -0.3 is 10.2 Å². The molecule has 1 atom stereocenters. The molecule has 1 aromatic rings. The number of piperazine rings is 1. The highest BCUT2D eigenvalue weighted by molar-refractivity contribution is 5.16. The lowest BCUT2D eigenvalue weighted by atomic mass is 10.1. The first-order chi connectivity index (χ1) is 9.63. The molecule has 3 nitrogen and oxygen atoms in total. The van der Waals surface area contributed by atoms with Gasteiger partial charge in [-0.2, -0.15) is 0 Å². The average molecular weight is 279 g/mol. The molecule has 0 radical (unpaired) electrons. The minimum atomic E-state index is -0.163. The molecule has 1 fully saturated rings. The van der Waals surface area contributed by atoms with Crippen LogP contribution in [0.5, 0.6) is 0 Å². The molecule has 1 saturated heterocycles. The number of rotatable bonds is 6. The molecule has 0 amide bonds. The largest absolute Gasteiger partial charge is 0.313 e. The molecular weight excluding hydrogens is 253 g/mol. The van der Waals surface area contributed by atoms with Crippen LogP contribution in [0.15, 0.2) is 24.3 Å². The highest BCUT2D eigenvalue weighted by Crippen LogP contribution is 2.05. The summed E-state index contributed by atoms with van der Waals surface area (Å²) in [7, 11) is 2.18. The molecule has 0 aromatic heterocycles. The normalized spacial score (nSPS) is 19.1. The molecule has 1 heterocycles. The SMILES string of the molecule is CC(Cc1ccc(F)cc1)NCCN1CCN(C)CC1. The third-order valence-electron chi connectivity index (χ3n) is 3.97. The van der Waals surface area contributed by atoms with Crippen LogP contribution in [0.2, 0.25) is 0 Å². The van der Waals surface area contributed by atoms with E-state index in [4.69, 9.17) is 0 Å². The van der Waals surface area contributed by atoms with Crippen molar-refractivity contribution in [3.05, 3.63) is 35.6 Å². The quantitative estimate of drug-likeness (QED) is 0.853. The standard InChI is InChI=1S/C16H26FN3/c1-14(13-15-3-5-16(17)6-4-15)18-7-8-20-11-9-19(2)10-12-20/h3-6,14,18H,7-13H2,1-2H3. The first-order valence-electron chi connectivity index (χ1n) is 7.52. The van der Waals surface area contributed by atoms with Gasteiger partial charge in [0.2, 0.25) is 0 Å². The van der Waals surface area contributed by atoms with Gasteiger partial charge in [0.05, 0.1) is 0 Å². The molecular formula is C16H26FN3. The highest BCUT2D eigenvalue weighted by Gasteiger charge is 2.13. The first kappa shape index (κ1) is 15.4. The van der Waals surface area contributed by atoms with Crippen molar-refractivity contribution in [3.8, 4) is 0 Å². The van der Waals surface area contributed by atoms with Gasteiger partial charge in [-0.05, 0) is 38.1 Å². The van der Waals surface area contributed by atoms with Crippen molar-refractivity contribution in [3.63, 3.8) is 0 Å². The number of nitrogens with zero attached hydrogens (tertiary/aromatic N) is 2. The average Bonchev–Trinajstić information content (AvgIpc) is 2.44. The Morgan fingerprint density at radius 2 is 1.80 bits per heavy atom. The van der Waals surface area contributed by atoms with E-state index in [2.05, 4.69) is 29.1 Å². The number of nitrogens with one attached hydrogen (secondary N) is 1. The van der Waals surface area contributed by atoms with E-state index in [1.54, 1.807) is 0 Å². The lowest BCUT2D eigenvalue weighted by molar-refractivity contribution is 0.154. The van der Waals surface area contributed by atoms with E-state index in [0.717, 1.165) is 19.5 Å². The maximum absolute atomic E-state index is 12.8. The predicted octanol–water partition coefficient (Wildman–Crippen LogP) is 1.59. The zero-order chi connectivity index (χ0) is 14.4. The van der Waals surface area contributed by atoms with Gasteiger partial charge in [0, 0.05) is 45.3 Å². The van der Waals surface area contributed by atoms with Crippen LogP contribution in [-0.4, -0.2) is 62.2 Å². The number of hydrogen-bond donors (Lipinski definition) is 1. The van der Waals surface area contributed by atoms with Crippen LogP contribution >= 0.6 is 0 Å². The van der Waals surface area contributed by atoms with Crippen molar-refractivity contribution in [1.29, 1.82) is 0 Å². The molecule has 0 spiro atoms. The Kier molecular flexibility index (Phi) is 5.95. The van der Waals surface area contributed by atoms with Crippen molar-refractivity contribution < 1.29 is 4.39 Å². The summed E-state index contributed by atoms with van der Waals surface area (Å²) in [5.74, 6) is -0.163. The van der Waals surface area contributed by atoms with E-state index in [0.29, 0.717) is 6.04 Å². The van der Waals surface area contributed by atoms with Crippen LogP contribution in [0.25, 0.3) is 0 Å². The predicted molar refractivity (Wildman–Crippen MR) is 81.5 cm³/mol. The maximum atomic E-state index is 12.8. The summed E-state index contributed by atoms with van der Waals surface area (Å²) < 4.78 is 12.8. The molecule has 1 unspecified atom stereocenters. The van der Waals surface area contributed by atoms with Gasteiger partial charge in [-0.1, -0.05) is 12.1 Å². The van der Waals surface area contributed by atoms with Crippen LogP contribution < -0.4 is 5.32 Å². The summed E-state index contributed by atoms with van der Waals surface area (Å²) in [5.41, 5.74) is 1.19. The molecule has 4 heteroatoms. The Bertz CT molecular complexity index is 385. The van der Waals surface area contributed by atoms with E-state index in [-0.39, 0.29) is 5.82 Å². The second kappa shape index (κ2) is 7.72. The fourth-order valence-corrected chi connectivity index (χ4v) is 2.59. The van der Waals surface area contributed by atoms with E-state index in [9.17, 15) is 4.39 Å². The van der Waals surface area contributed by atoms with Gasteiger partial charge in [0.1, 0.15) is 5.82 Å². The Morgan fingerprint density at radius 3 is 2.45 bits per heavy atom. The summed E-state index contributed by atoms with van der Waals surface area (Å²) in [4.78, 5) is 4.89. The monoisotopic (exact) mass is 279 g/mol. The summed E-state index contributed by atoms with van der Waals surface area (Å²) in [6, 6.07) is 7.23. The summed E-state index contributed by atoms with van der Waals surface area (Å²) in [6.07, 6.45) is 0.947. The molecule has 0 aliphatic carbocycles. The van der Waals surface area contributed by atoms with Gasteiger partial charge in [-0.25, -0.2) is 4.39 Å². The van der Waals surface area contributed by atoms with E-state index in [1.807, 2.05) is 12.1 Å². The molecule has 0 bridgehead atoms. The Morgan fingerprint density at radius 1 is 1.15 bits per heavy atom. The lowest BCUT2D eigenvalue weighted by Crippen LogP contribution is -2.47. The Hall–Kier alpha value is -0.970. The van der Waals surface area contributed by atoms with Gasteiger partial charge in [-0.15, -0.1) is 0 Å². The summed E-state index contributed by atoms with van der Waals surface area (Å²) in [5, 5.41) is 3.56. The number of benzene rings is 1. The molecule has 0 saturated carbocycles. The summed E-state index contributed by atoms with van der Waals surface area (Å²) in [6.45, 7) is 9.01. The van der Waals surface area contributed by atoms with Gasteiger partial charge in [0.25, 0.3) is 0 Å². The van der Waals surface area contributed by atoms with Gasteiger partial charge >= 0.3 is 0 Å². The molecule has 20 heavy (non-hydrogen) atoms. The van der Waals surface area contributed by atoms with E-state index < -0.39 is 0 Å². The van der Waals surface area contributed by atoms with Crippen molar-refractivity contribution in [1.82, 2.24) is 15.1 Å². The maximum Gasteiger partial charge on any atom is 0.123 e. The zero-order valence-corrected chi connectivity index (χ0v) is 12.6. The van der Waals surface area contributed by atoms with Crippen LogP contribution in [0.1, 0.15) is 12.5 Å².